The molecule has 1 aromatic heterocycles. The summed E-state index contributed by atoms with van der Waals surface area (Å²) < 4.78 is 5.13. The number of hydrogen-bond acceptors (Lipinski definition) is 4. The second-order valence-electron chi connectivity index (χ2n) is 6.46. The van der Waals surface area contributed by atoms with Crippen LogP contribution in [0.4, 0.5) is 0 Å². The molecule has 0 aromatic carbocycles. The Morgan fingerprint density at radius 3 is 2.76 bits per heavy atom. The van der Waals surface area contributed by atoms with E-state index in [0.717, 1.165) is 12.3 Å². The Kier molecular flexibility index (Phi) is 3.67. The summed E-state index contributed by atoms with van der Waals surface area (Å²) in [6.45, 7) is 1.74. The maximum atomic E-state index is 12.4. The van der Waals surface area contributed by atoms with Crippen LogP contribution in [0.2, 0.25) is 0 Å². The van der Waals surface area contributed by atoms with Gasteiger partial charge in [-0.1, -0.05) is 6.42 Å². The number of aryl methyl sites for hydroxylation is 1. The van der Waals surface area contributed by atoms with E-state index in [1.807, 2.05) is 6.07 Å². The molecule has 4 nitrogen and oxygen atoms in total. The van der Waals surface area contributed by atoms with Crippen LogP contribution in [0.25, 0.3) is 0 Å². The average molecular weight is 285 g/mol. The highest BCUT2D eigenvalue weighted by atomic mass is 16.3. The first-order valence-electron chi connectivity index (χ1n) is 7.60. The van der Waals surface area contributed by atoms with Crippen molar-refractivity contribution in [2.45, 2.75) is 39.0 Å². The summed E-state index contributed by atoms with van der Waals surface area (Å²) >= 11 is 0. The molecule has 4 heteroatoms. The largest absolute Gasteiger partial charge is 0.461 e. The third-order valence-electron chi connectivity index (χ3n) is 5.15. The molecule has 4 atom stereocenters. The summed E-state index contributed by atoms with van der Waals surface area (Å²) in [5.74, 6) is -0.0477. The molecule has 0 amide bonds. The van der Waals surface area contributed by atoms with Crippen molar-refractivity contribution in [2.24, 2.45) is 23.7 Å². The molecule has 21 heavy (non-hydrogen) atoms. The second kappa shape index (κ2) is 5.48. The zero-order valence-electron chi connectivity index (χ0n) is 12.2. The van der Waals surface area contributed by atoms with Gasteiger partial charge in [-0.15, -0.1) is 0 Å². The molecule has 110 valence electrons. The Bertz CT molecular complexity index is 610. The number of Topliss-reactive ketones (excluding diaryl/α,β-unsaturated/α-hetero) is 2. The number of fused-ring (bicyclic) bond motifs is 2. The van der Waals surface area contributed by atoms with E-state index in [4.69, 9.17) is 4.42 Å². The Labute approximate surface area is 124 Å². The number of nitriles is 1. The van der Waals surface area contributed by atoms with Crippen LogP contribution in [0.3, 0.4) is 0 Å². The van der Waals surface area contributed by atoms with Crippen LogP contribution in [0.5, 0.6) is 0 Å². The van der Waals surface area contributed by atoms with Gasteiger partial charge in [0.05, 0.1) is 12.3 Å². The van der Waals surface area contributed by atoms with Gasteiger partial charge in [-0.05, 0) is 55.6 Å². The highest BCUT2D eigenvalue weighted by Crippen LogP contribution is 2.49. The van der Waals surface area contributed by atoms with Crippen LogP contribution in [-0.2, 0) is 4.79 Å². The quantitative estimate of drug-likeness (QED) is 0.614. The topological polar surface area (TPSA) is 71.1 Å². The summed E-state index contributed by atoms with van der Waals surface area (Å²) in [5.41, 5.74) is 0.674. The van der Waals surface area contributed by atoms with Gasteiger partial charge in [0.25, 0.3) is 0 Å². The monoisotopic (exact) mass is 285 g/mol. The summed E-state index contributed by atoms with van der Waals surface area (Å²) in [7, 11) is 0. The molecule has 0 unspecified atom stereocenters. The number of carbonyl (C=O) groups excluding carboxylic acids is 2. The maximum Gasteiger partial charge on any atom is 0.222 e. The van der Waals surface area contributed by atoms with Crippen LogP contribution in [0.15, 0.2) is 16.7 Å². The minimum atomic E-state index is -1.21. The SMILES string of the molecule is Cc1ccoc1C(=O)[C@@H](C#N)C(=O)C[C@@H]1C[C@H]2CC[C@H]1C2. The lowest BCUT2D eigenvalue weighted by Crippen LogP contribution is -2.26. The van der Waals surface area contributed by atoms with Gasteiger partial charge >= 0.3 is 0 Å². The van der Waals surface area contributed by atoms with Crippen molar-refractivity contribution in [3.8, 4) is 6.07 Å². The van der Waals surface area contributed by atoms with Gasteiger partial charge in [0.15, 0.2) is 17.5 Å². The first kappa shape index (κ1) is 14.1. The number of furan rings is 1. The smallest absolute Gasteiger partial charge is 0.222 e. The third kappa shape index (κ3) is 2.53. The van der Waals surface area contributed by atoms with Crippen LogP contribution in [-0.4, -0.2) is 11.6 Å². The van der Waals surface area contributed by atoms with Gasteiger partial charge < -0.3 is 4.42 Å². The number of rotatable bonds is 5. The van der Waals surface area contributed by atoms with E-state index < -0.39 is 11.7 Å². The second-order valence-corrected chi connectivity index (χ2v) is 6.46. The van der Waals surface area contributed by atoms with Crippen LogP contribution >= 0.6 is 0 Å². The van der Waals surface area contributed by atoms with Gasteiger partial charge in [-0.2, -0.15) is 5.26 Å². The predicted molar refractivity (Wildman–Crippen MR) is 75.4 cm³/mol. The Morgan fingerprint density at radius 1 is 1.43 bits per heavy atom. The molecule has 1 aromatic rings. The molecular weight excluding hydrogens is 266 g/mol. The highest BCUT2D eigenvalue weighted by molar-refractivity contribution is 6.12. The molecule has 3 rings (SSSR count). The molecule has 2 saturated carbocycles. The number of carbonyl (C=O) groups is 2. The lowest BCUT2D eigenvalue weighted by molar-refractivity contribution is -0.121. The Hall–Kier alpha value is -1.89. The van der Waals surface area contributed by atoms with Crippen LogP contribution < -0.4 is 0 Å². The van der Waals surface area contributed by atoms with Crippen molar-refractivity contribution in [2.75, 3.05) is 0 Å². The minimum absolute atomic E-state index is 0.142. The number of ketones is 2. The average Bonchev–Trinajstić information content (AvgIpc) is 3.15. The van der Waals surface area contributed by atoms with Crippen molar-refractivity contribution < 1.29 is 14.0 Å². The molecule has 2 fully saturated rings. The Balaban J connectivity index is 1.69. The first-order chi connectivity index (χ1) is 10.1. The zero-order chi connectivity index (χ0) is 15.0. The third-order valence-corrected chi connectivity index (χ3v) is 5.15. The predicted octanol–water partition coefficient (Wildman–Crippen LogP) is 3.31. The molecule has 2 aliphatic rings. The summed E-state index contributed by atoms with van der Waals surface area (Å²) in [5, 5.41) is 9.23. The van der Waals surface area contributed by atoms with Crippen molar-refractivity contribution in [3.63, 3.8) is 0 Å². The van der Waals surface area contributed by atoms with E-state index in [2.05, 4.69) is 0 Å². The number of hydrogen-bond donors (Lipinski definition) is 0. The van der Waals surface area contributed by atoms with E-state index in [-0.39, 0.29) is 11.5 Å². The highest BCUT2D eigenvalue weighted by Gasteiger charge is 2.42. The van der Waals surface area contributed by atoms with Gasteiger partial charge in [0, 0.05) is 6.42 Å². The standard InChI is InChI=1S/C17H19NO3/c1-10-4-5-21-17(10)16(20)14(9-18)15(19)8-13-7-11-2-3-12(13)6-11/h4-5,11-14H,2-3,6-8H2,1H3/t11-,12-,13-,14-/m0/s1. The summed E-state index contributed by atoms with van der Waals surface area (Å²) in [6, 6.07) is 3.54. The first-order valence-corrected chi connectivity index (χ1v) is 7.60. The van der Waals surface area contributed by atoms with Crippen molar-refractivity contribution >= 4 is 11.6 Å². The molecule has 0 radical (unpaired) electrons. The molecule has 1 heterocycles. The summed E-state index contributed by atoms with van der Waals surface area (Å²) in [6.07, 6.45) is 6.57. The molecule has 2 bridgehead atoms. The van der Waals surface area contributed by atoms with E-state index in [1.54, 1.807) is 13.0 Å². The molecule has 0 aliphatic heterocycles. The van der Waals surface area contributed by atoms with Crippen molar-refractivity contribution in [3.05, 3.63) is 23.7 Å². The van der Waals surface area contributed by atoms with Crippen molar-refractivity contribution in [1.82, 2.24) is 0 Å². The molecule has 0 saturated heterocycles. The lowest BCUT2D eigenvalue weighted by atomic mass is 9.82. The van der Waals surface area contributed by atoms with E-state index >= 15 is 0 Å². The zero-order valence-corrected chi connectivity index (χ0v) is 12.2. The van der Waals surface area contributed by atoms with Crippen LogP contribution in [0, 0.1) is 41.9 Å². The van der Waals surface area contributed by atoms with E-state index in [0.29, 0.717) is 23.8 Å². The summed E-state index contributed by atoms with van der Waals surface area (Å²) in [4.78, 5) is 24.7. The fraction of sp³-hybridized carbons (Fsp3) is 0.588. The van der Waals surface area contributed by atoms with Gasteiger partial charge in [-0.3, -0.25) is 9.59 Å². The molecular formula is C17H19NO3. The van der Waals surface area contributed by atoms with Crippen LogP contribution in [0.1, 0.15) is 48.2 Å². The van der Waals surface area contributed by atoms with Gasteiger partial charge in [0.1, 0.15) is 0 Å². The normalized spacial score (nSPS) is 28.3. The van der Waals surface area contributed by atoms with E-state index in [1.165, 1.54) is 25.5 Å². The van der Waals surface area contributed by atoms with E-state index in [9.17, 15) is 14.9 Å². The number of nitrogens with zero attached hydrogens (tertiary/aromatic N) is 1. The van der Waals surface area contributed by atoms with Gasteiger partial charge in [0.2, 0.25) is 5.78 Å². The van der Waals surface area contributed by atoms with Gasteiger partial charge in [-0.25, -0.2) is 0 Å². The molecule has 0 N–H and O–H groups in total. The molecule has 2 aliphatic carbocycles. The maximum absolute atomic E-state index is 12.4. The fourth-order valence-electron chi connectivity index (χ4n) is 4.04. The fourth-order valence-corrected chi connectivity index (χ4v) is 4.04. The Morgan fingerprint density at radius 2 is 2.24 bits per heavy atom. The molecule has 0 spiro atoms. The van der Waals surface area contributed by atoms with Crippen molar-refractivity contribution in [1.29, 1.82) is 5.26 Å². The minimum Gasteiger partial charge on any atom is -0.461 e. The lowest BCUT2D eigenvalue weighted by Gasteiger charge is -2.21.